The molecule has 0 spiro atoms. The number of thioether (sulfide) groups is 1. The van der Waals surface area contributed by atoms with Crippen LogP contribution in [-0.4, -0.2) is 10.2 Å². The van der Waals surface area contributed by atoms with Gasteiger partial charge < -0.3 is 5.32 Å². The van der Waals surface area contributed by atoms with Gasteiger partial charge in [0, 0.05) is 12.3 Å². The molecule has 0 saturated heterocycles. The first-order valence-electron chi connectivity index (χ1n) is 8.19. The molecule has 1 aromatic heterocycles. The molecule has 0 fully saturated rings. The Hall–Kier alpha value is -2.44. The van der Waals surface area contributed by atoms with Crippen molar-refractivity contribution in [3.63, 3.8) is 0 Å². The third-order valence-electron chi connectivity index (χ3n) is 3.99. The van der Waals surface area contributed by atoms with Crippen molar-refractivity contribution >= 4 is 39.0 Å². The lowest BCUT2D eigenvalue weighted by molar-refractivity contribution is 0.627. The number of rotatable bonds is 6. The van der Waals surface area contributed by atoms with Gasteiger partial charge in [0.15, 0.2) is 4.34 Å². The molecule has 0 aliphatic heterocycles. The lowest BCUT2D eigenvalue weighted by Gasteiger charge is -2.04. The Labute approximate surface area is 159 Å². The topological polar surface area (TPSA) is 37.8 Å². The Kier molecular flexibility index (Phi) is 5.13. The zero-order valence-corrected chi connectivity index (χ0v) is 15.5. The first kappa shape index (κ1) is 17.0. The number of benzene rings is 3. The minimum Gasteiger partial charge on any atom is -0.356 e. The van der Waals surface area contributed by atoms with Gasteiger partial charge in [0.2, 0.25) is 5.13 Å². The summed E-state index contributed by atoms with van der Waals surface area (Å²) in [4.78, 5) is 0. The Morgan fingerprint density at radius 2 is 1.73 bits per heavy atom. The molecule has 4 rings (SSSR count). The smallest absolute Gasteiger partial charge is 0.206 e. The van der Waals surface area contributed by atoms with E-state index in [1.165, 1.54) is 39.8 Å². The van der Waals surface area contributed by atoms with Crippen molar-refractivity contribution in [1.29, 1.82) is 0 Å². The van der Waals surface area contributed by atoms with Gasteiger partial charge in [0.05, 0.1) is 0 Å². The predicted molar refractivity (Wildman–Crippen MR) is 107 cm³/mol. The van der Waals surface area contributed by atoms with Crippen LogP contribution in [0.25, 0.3) is 10.8 Å². The monoisotopic (exact) mass is 381 g/mol. The van der Waals surface area contributed by atoms with Crippen LogP contribution >= 0.6 is 23.1 Å². The van der Waals surface area contributed by atoms with E-state index in [1.54, 1.807) is 23.9 Å². The quantitative estimate of drug-likeness (QED) is 0.433. The van der Waals surface area contributed by atoms with Gasteiger partial charge in [-0.25, -0.2) is 4.39 Å². The maximum Gasteiger partial charge on any atom is 0.206 e. The zero-order valence-electron chi connectivity index (χ0n) is 13.9. The number of anilines is 1. The minimum atomic E-state index is -0.225. The molecule has 0 atom stereocenters. The third-order valence-corrected chi connectivity index (χ3v) is 6.06. The highest BCUT2D eigenvalue weighted by Crippen LogP contribution is 2.30. The van der Waals surface area contributed by atoms with Crippen LogP contribution in [0.15, 0.2) is 71.1 Å². The molecule has 3 nitrogen and oxygen atoms in total. The average molecular weight is 382 g/mol. The average Bonchev–Trinajstić information content (AvgIpc) is 3.14. The van der Waals surface area contributed by atoms with E-state index < -0.39 is 0 Å². The summed E-state index contributed by atoms with van der Waals surface area (Å²) >= 11 is 3.22. The number of nitrogens with zero attached hydrogens (tertiary/aromatic N) is 2. The van der Waals surface area contributed by atoms with E-state index in [2.05, 4.69) is 58.0 Å². The van der Waals surface area contributed by atoms with E-state index in [-0.39, 0.29) is 5.82 Å². The third kappa shape index (κ3) is 4.03. The summed E-state index contributed by atoms with van der Waals surface area (Å²) in [6.45, 7) is 0.600. The highest BCUT2D eigenvalue weighted by atomic mass is 32.2. The molecule has 0 radical (unpaired) electrons. The Bertz CT molecular complexity index is 1010. The summed E-state index contributed by atoms with van der Waals surface area (Å²) in [5.41, 5.74) is 2.30. The summed E-state index contributed by atoms with van der Waals surface area (Å²) in [6, 6.07) is 21.2. The lowest BCUT2D eigenvalue weighted by atomic mass is 10.1. The molecule has 0 amide bonds. The molecule has 0 unspecified atom stereocenters. The molecule has 130 valence electrons. The molecule has 4 aromatic rings. The second-order valence-electron chi connectivity index (χ2n) is 5.78. The summed E-state index contributed by atoms with van der Waals surface area (Å²) in [5.74, 6) is 0.630. The number of fused-ring (bicyclic) bond motifs is 1. The molecular formula is C20H16FN3S2. The van der Waals surface area contributed by atoms with Crippen molar-refractivity contribution < 1.29 is 4.39 Å². The number of aromatic nitrogens is 2. The van der Waals surface area contributed by atoms with Crippen LogP contribution in [0.3, 0.4) is 0 Å². The second-order valence-corrected chi connectivity index (χ2v) is 7.98. The fraction of sp³-hybridized carbons (Fsp3) is 0.100. The molecule has 0 aliphatic carbocycles. The van der Waals surface area contributed by atoms with Gasteiger partial charge in [0.25, 0.3) is 0 Å². The van der Waals surface area contributed by atoms with Crippen molar-refractivity contribution in [2.75, 3.05) is 5.32 Å². The molecule has 0 aliphatic rings. The van der Waals surface area contributed by atoms with Crippen LogP contribution in [0.2, 0.25) is 0 Å². The van der Waals surface area contributed by atoms with Crippen LogP contribution in [0.5, 0.6) is 0 Å². The van der Waals surface area contributed by atoms with Gasteiger partial charge in [0.1, 0.15) is 5.82 Å². The first-order chi connectivity index (χ1) is 12.8. The summed E-state index contributed by atoms with van der Waals surface area (Å²) in [7, 11) is 0. The van der Waals surface area contributed by atoms with Gasteiger partial charge in [-0.3, -0.25) is 0 Å². The fourth-order valence-corrected chi connectivity index (χ4v) is 4.43. The van der Waals surface area contributed by atoms with Crippen molar-refractivity contribution in [2.24, 2.45) is 0 Å². The van der Waals surface area contributed by atoms with Gasteiger partial charge in [-0.15, -0.1) is 10.2 Å². The maximum absolute atomic E-state index is 12.9. The Morgan fingerprint density at radius 3 is 2.62 bits per heavy atom. The highest BCUT2D eigenvalue weighted by molar-refractivity contribution is 8.00. The van der Waals surface area contributed by atoms with Gasteiger partial charge >= 0.3 is 0 Å². The Balaban J connectivity index is 1.38. The first-order valence-corrected chi connectivity index (χ1v) is 9.99. The van der Waals surface area contributed by atoms with Gasteiger partial charge in [-0.2, -0.15) is 0 Å². The van der Waals surface area contributed by atoms with E-state index in [0.717, 1.165) is 20.8 Å². The minimum absolute atomic E-state index is 0.225. The number of hydrogen-bond acceptors (Lipinski definition) is 5. The van der Waals surface area contributed by atoms with E-state index in [9.17, 15) is 4.39 Å². The molecule has 3 aromatic carbocycles. The molecular weight excluding hydrogens is 365 g/mol. The summed E-state index contributed by atoms with van der Waals surface area (Å²) in [6.07, 6.45) is 0. The van der Waals surface area contributed by atoms with Crippen molar-refractivity contribution in [3.8, 4) is 0 Å². The predicted octanol–water partition coefficient (Wildman–Crippen LogP) is 5.73. The van der Waals surface area contributed by atoms with Crippen LogP contribution in [0.1, 0.15) is 11.1 Å². The van der Waals surface area contributed by atoms with E-state index >= 15 is 0 Å². The zero-order chi connectivity index (χ0) is 17.8. The van der Waals surface area contributed by atoms with E-state index in [1.807, 2.05) is 0 Å². The van der Waals surface area contributed by atoms with E-state index in [0.29, 0.717) is 6.54 Å². The summed E-state index contributed by atoms with van der Waals surface area (Å²) in [5, 5.41) is 15.0. The van der Waals surface area contributed by atoms with E-state index in [4.69, 9.17) is 0 Å². The number of hydrogen-bond donors (Lipinski definition) is 1. The molecule has 0 saturated carbocycles. The summed E-state index contributed by atoms with van der Waals surface area (Å²) < 4.78 is 13.9. The molecule has 0 bridgehead atoms. The van der Waals surface area contributed by atoms with Gasteiger partial charge in [-0.05, 0) is 34.0 Å². The van der Waals surface area contributed by atoms with Crippen LogP contribution in [-0.2, 0) is 12.3 Å². The molecule has 1 N–H and O–H groups in total. The van der Waals surface area contributed by atoms with Crippen molar-refractivity contribution in [2.45, 2.75) is 16.6 Å². The largest absolute Gasteiger partial charge is 0.356 e. The fourth-order valence-electron chi connectivity index (χ4n) is 2.68. The molecule has 26 heavy (non-hydrogen) atoms. The maximum atomic E-state index is 12.9. The van der Waals surface area contributed by atoms with Crippen LogP contribution in [0.4, 0.5) is 9.52 Å². The second kappa shape index (κ2) is 7.85. The van der Waals surface area contributed by atoms with Crippen LogP contribution < -0.4 is 5.32 Å². The Morgan fingerprint density at radius 1 is 0.923 bits per heavy atom. The number of nitrogens with one attached hydrogen (secondary N) is 1. The standard InChI is InChI=1S/C20H16FN3S2/c21-17-10-8-14(9-11-17)12-22-19-23-24-20(26-19)25-13-16-6-3-5-15-4-1-2-7-18(15)16/h1-11H,12-13H2,(H,22,23). The van der Waals surface area contributed by atoms with Crippen LogP contribution in [0, 0.1) is 5.82 Å². The van der Waals surface area contributed by atoms with Crippen molar-refractivity contribution in [1.82, 2.24) is 10.2 Å². The SMILES string of the molecule is Fc1ccc(CNc2nnc(SCc3cccc4ccccc34)s2)cc1. The van der Waals surface area contributed by atoms with Gasteiger partial charge in [-0.1, -0.05) is 77.7 Å². The van der Waals surface area contributed by atoms with Crippen molar-refractivity contribution in [3.05, 3.63) is 83.7 Å². The molecule has 6 heteroatoms. The normalized spacial score (nSPS) is 11.0. The molecule has 1 heterocycles. The lowest BCUT2D eigenvalue weighted by Crippen LogP contribution is -1.98. The highest BCUT2D eigenvalue weighted by Gasteiger charge is 2.07. The number of halogens is 1.